The predicted octanol–water partition coefficient (Wildman–Crippen LogP) is 1.92. The van der Waals surface area contributed by atoms with Crippen molar-refractivity contribution in [2.75, 3.05) is 52.9 Å². The van der Waals surface area contributed by atoms with Crippen LogP contribution in [0.25, 0.3) is 0 Å². The molecule has 0 aromatic heterocycles. The van der Waals surface area contributed by atoms with Crippen molar-refractivity contribution in [2.24, 2.45) is 10.4 Å². The molecule has 28 heavy (non-hydrogen) atoms. The first-order valence-electron chi connectivity index (χ1n) is 10.6. The molecule has 0 aromatic rings. The van der Waals surface area contributed by atoms with E-state index in [1.165, 1.54) is 0 Å². The SMILES string of the molecule is CCOC1CC(NC(=NC)NCCN2CCN(C(C)=O)CC2)C1(CC)CC.I. The molecule has 0 radical (unpaired) electrons. The van der Waals surface area contributed by atoms with Crippen LogP contribution in [0.5, 0.6) is 0 Å². The lowest BCUT2D eigenvalue weighted by atomic mass is 9.58. The van der Waals surface area contributed by atoms with Gasteiger partial charge < -0.3 is 20.3 Å². The lowest BCUT2D eigenvalue weighted by Gasteiger charge is -2.55. The smallest absolute Gasteiger partial charge is 0.219 e. The number of rotatable bonds is 8. The van der Waals surface area contributed by atoms with Gasteiger partial charge in [0.2, 0.25) is 5.91 Å². The van der Waals surface area contributed by atoms with Crippen LogP contribution in [0.3, 0.4) is 0 Å². The number of nitrogens with one attached hydrogen (secondary N) is 2. The zero-order valence-electron chi connectivity index (χ0n) is 18.3. The van der Waals surface area contributed by atoms with Crippen molar-refractivity contribution >= 4 is 35.8 Å². The molecule has 1 amide bonds. The zero-order chi connectivity index (χ0) is 19.9. The van der Waals surface area contributed by atoms with Crippen LogP contribution in [0.4, 0.5) is 0 Å². The number of nitrogens with zero attached hydrogens (tertiary/aromatic N) is 3. The third-order valence-corrected chi connectivity index (χ3v) is 6.54. The minimum Gasteiger partial charge on any atom is -0.378 e. The number of aliphatic imine (C=N–C) groups is 1. The fourth-order valence-electron chi connectivity index (χ4n) is 4.56. The molecule has 1 saturated carbocycles. The number of hydrogen-bond donors (Lipinski definition) is 2. The number of ether oxygens (including phenoxy) is 1. The maximum absolute atomic E-state index is 11.4. The Morgan fingerprint density at radius 2 is 1.82 bits per heavy atom. The van der Waals surface area contributed by atoms with E-state index in [1.807, 2.05) is 11.9 Å². The summed E-state index contributed by atoms with van der Waals surface area (Å²) in [5.74, 6) is 1.06. The zero-order valence-corrected chi connectivity index (χ0v) is 20.6. The number of hydrogen-bond acceptors (Lipinski definition) is 4. The first-order valence-corrected chi connectivity index (χ1v) is 10.6. The molecule has 0 aromatic carbocycles. The Hall–Kier alpha value is -0.610. The van der Waals surface area contributed by atoms with Gasteiger partial charge in [0.25, 0.3) is 0 Å². The second kappa shape index (κ2) is 12.2. The van der Waals surface area contributed by atoms with E-state index in [1.54, 1.807) is 6.92 Å². The van der Waals surface area contributed by atoms with E-state index >= 15 is 0 Å². The summed E-state index contributed by atoms with van der Waals surface area (Å²) in [4.78, 5) is 20.1. The molecule has 0 spiro atoms. The van der Waals surface area contributed by atoms with Crippen LogP contribution >= 0.6 is 24.0 Å². The van der Waals surface area contributed by atoms with Gasteiger partial charge in [-0.25, -0.2) is 0 Å². The average Bonchev–Trinajstić information content (AvgIpc) is 2.67. The normalized spacial score (nSPS) is 24.9. The van der Waals surface area contributed by atoms with Crippen molar-refractivity contribution in [1.29, 1.82) is 0 Å². The molecule has 1 heterocycles. The quantitative estimate of drug-likeness (QED) is 0.297. The summed E-state index contributed by atoms with van der Waals surface area (Å²) in [7, 11) is 1.83. The van der Waals surface area contributed by atoms with E-state index in [0.29, 0.717) is 12.1 Å². The first kappa shape index (κ1) is 25.4. The monoisotopic (exact) mass is 509 g/mol. The molecular weight excluding hydrogens is 469 g/mol. The summed E-state index contributed by atoms with van der Waals surface area (Å²) in [6, 6.07) is 0.411. The molecule has 1 saturated heterocycles. The van der Waals surface area contributed by atoms with Crippen molar-refractivity contribution in [1.82, 2.24) is 20.4 Å². The van der Waals surface area contributed by atoms with Crippen LogP contribution in [-0.4, -0.2) is 86.7 Å². The van der Waals surface area contributed by atoms with E-state index < -0.39 is 0 Å². The van der Waals surface area contributed by atoms with Crippen LogP contribution in [-0.2, 0) is 9.53 Å². The second-order valence-electron chi connectivity index (χ2n) is 7.66. The highest BCUT2D eigenvalue weighted by molar-refractivity contribution is 14.0. The molecule has 2 fully saturated rings. The molecule has 1 aliphatic carbocycles. The van der Waals surface area contributed by atoms with Gasteiger partial charge >= 0.3 is 0 Å². The van der Waals surface area contributed by atoms with Crippen LogP contribution in [0.15, 0.2) is 4.99 Å². The molecule has 164 valence electrons. The lowest BCUT2D eigenvalue weighted by Crippen LogP contribution is -2.65. The van der Waals surface area contributed by atoms with E-state index in [9.17, 15) is 4.79 Å². The highest BCUT2D eigenvalue weighted by Gasteiger charge is 2.53. The van der Waals surface area contributed by atoms with E-state index in [0.717, 1.165) is 71.1 Å². The Kier molecular flexibility index (Phi) is 11.1. The van der Waals surface area contributed by atoms with E-state index in [4.69, 9.17) is 4.74 Å². The summed E-state index contributed by atoms with van der Waals surface area (Å²) < 4.78 is 5.97. The molecule has 2 atom stereocenters. The van der Waals surface area contributed by atoms with Gasteiger partial charge in [-0.2, -0.15) is 0 Å². The summed E-state index contributed by atoms with van der Waals surface area (Å²) in [6.45, 7) is 14.4. The number of piperazine rings is 1. The molecule has 2 N–H and O–H groups in total. The summed E-state index contributed by atoms with van der Waals surface area (Å²) in [6.07, 6.45) is 3.63. The number of amides is 1. The van der Waals surface area contributed by atoms with Crippen molar-refractivity contribution < 1.29 is 9.53 Å². The Balaban J connectivity index is 0.00000392. The second-order valence-corrected chi connectivity index (χ2v) is 7.66. The molecule has 0 bridgehead atoms. The Morgan fingerprint density at radius 3 is 2.32 bits per heavy atom. The minimum atomic E-state index is 0. The van der Waals surface area contributed by atoms with Gasteiger partial charge in [-0.15, -0.1) is 24.0 Å². The van der Waals surface area contributed by atoms with Crippen molar-refractivity contribution in [2.45, 2.75) is 59.1 Å². The van der Waals surface area contributed by atoms with Crippen molar-refractivity contribution in [3.8, 4) is 0 Å². The van der Waals surface area contributed by atoms with Gasteiger partial charge in [0, 0.05) is 71.3 Å². The minimum absolute atomic E-state index is 0. The molecule has 2 unspecified atom stereocenters. The predicted molar refractivity (Wildman–Crippen MR) is 125 cm³/mol. The van der Waals surface area contributed by atoms with Gasteiger partial charge in [0.05, 0.1) is 6.10 Å². The standard InChI is InChI=1S/C20H39N5O2.HI/c1-6-20(7-2)17(15-18(20)27-8-3)23-19(21-5)22-9-10-24-11-13-25(14-12-24)16(4)26;/h17-18H,6-15H2,1-5H3,(H2,21,22,23);1H. The number of carbonyl (C=O) groups excluding carboxylic acids is 1. The van der Waals surface area contributed by atoms with Crippen molar-refractivity contribution in [3.63, 3.8) is 0 Å². The highest BCUT2D eigenvalue weighted by Crippen LogP contribution is 2.48. The van der Waals surface area contributed by atoms with Crippen LogP contribution < -0.4 is 10.6 Å². The third kappa shape index (κ3) is 5.95. The van der Waals surface area contributed by atoms with Gasteiger partial charge in [0.15, 0.2) is 5.96 Å². The van der Waals surface area contributed by atoms with Gasteiger partial charge in [-0.1, -0.05) is 13.8 Å². The highest BCUT2D eigenvalue weighted by atomic mass is 127. The summed E-state index contributed by atoms with van der Waals surface area (Å²) >= 11 is 0. The Bertz CT molecular complexity index is 505. The largest absolute Gasteiger partial charge is 0.378 e. The molecule has 7 nitrogen and oxygen atoms in total. The van der Waals surface area contributed by atoms with E-state index in [-0.39, 0.29) is 35.3 Å². The van der Waals surface area contributed by atoms with Crippen molar-refractivity contribution in [3.05, 3.63) is 0 Å². The number of carbonyl (C=O) groups is 1. The maximum Gasteiger partial charge on any atom is 0.219 e. The number of halogens is 1. The molecular formula is C20H40IN5O2. The fourth-order valence-corrected chi connectivity index (χ4v) is 4.56. The summed E-state index contributed by atoms with van der Waals surface area (Å²) in [5.41, 5.74) is 0.205. The fraction of sp³-hybridized carbons (Fsp3) is 0.900. The van der Waals surface area contributed by atoms with Gasteiger partial charge in [0.1, 0.15) is 0 Å². The summed E-state index contributed by atoms with van der Waals surface area (Å²) in [5, 5.41) is 7.09. The molecule has 8 heteroatoms. The first-order chi connectivity index (χ1) is 13.0. The average molecular weight is 509 g/mol. The molecule has 2 aliphatic rings. The van der Waals surface area contributed by atoms with Crippen LogP contribution in [0.2, 0.25) is 0 Å². The van der Waals surface area contributed by atoms with Crippen LogP contribution in [0.1, 0.15) is 47.0 Å². The van der Waals surface area contributed by atoms with Gasteiger partial charge in [-0.05, 0) is 26.2 Å². The topological polar surface area (TPSA) is 69.2 Å². The van der Waals surface area contributed by atoms with E-state index in [2.05, 4.69) is 41.3 Å². The molecule has 2 rings (SSSR count). The van der Waals surface area contributed by atoms with Gasteiger partial charge in [-0.3, -0.25) is 14.7 Å². The number of guanidine groups is 1. The Labute approximate surface area is 188 Å². The third-order valence-electron chi connectivity index (χ3n) is 6.54. The molecule has 1 aliphatic heterocycles. The van der Waals surface area contributed by atoms with Crippen LogP contribution in [0, 0.1) is 5.41 Å². The maximum atomic E-state index is 11.4. The lowest BCUT2D eigenvalue weighted by molar-refractivity contribution is -0.133. The Morgan fingerprint density at radius 1 is 1.18 bits per heavy atom.